The van der Waals surface area contributed by atoms with Crippen LogP contribution in [0, 0.1) is 5.92 Å². The number of nitrogens with two attached hydrogens (primary N) is 1. The van der Waals surface area contributed by atoms with Crippen molar-refractivity contribution in [2.24, 2.45) is 5.92 Å². The minimum absolute atomic E-state index is 0.670. The van der Waals surface area contributed by atoms with Crippen molar-refractivity contribution in [1.29, 1.82) is 0 Å². The van der Waals surface area contributed by atoms with Crippen molar-refractivity contribution in [2.75, 3.05) is 23.9 Å². The van der Waals surface area contributed by atoms with E-state index < -0.39 is 0 Å². The molecule has 16 heavy (non-hydrogen) atoms. The number of hydrogen-bond acceptors (Lipinski definition) is 5. The Morgan fingerprint density at radius 1 is 1.44 bits per heavy atom. The van der Waals surface area contributed by atoms with Crippen LogP contribution in [0.1, 0.15) is 32.1 Å². The van der Waals surface area contributed by atoms with Crippen molar-refractivity contribution in [1.82, 2.24) is 4.37 Å². The number of nitrogen functional groups attached to an aromatic ring is 1. The Labute approximate surface area is 105 Å². The van der Waals surface area contributed by atoms with Gasteiger partial charge in [0.1, 0.15) is 5.00 Å². The van der Waals surface area contributed by atoms with Crippen molar-refractivity contribution in [3.63, 3.8) is 0 Å². The predicted octanol–water partition coefficient (Wildman–Crippen LogP) is 3.44. The van der Waals surface area contributed by atoms with Gasteiger partial charge in [0.15, 0.2) is 5.82 Å². The summed E-state index contributed by atoms with van der Waals surface area (Å²) in [5.74, 6) is 1.51. The van der Waals surface area contributed by atoms with E-state index in [2.05, 4.69) is 9.69 Å². The van der Waals surface area contributed by atoms with E-state index in [1.54, 1.807) is 11.8 Å². The lowest BCUT2D eigenvalue weighted by molar-refractivity contribution is 0.373. The topological polar surface area (TPSA) is 50.9 Å². The Bertz CT molecular complexity index is 332. The van der Waals surface area contributed by atoms with Gasteiger partial charge in [-0.1, -0.05) is 19.3 Å². The van der Waals surface area contributed by atoms with E-state index in [1.165, 1.54) is 43.6 Å². The van der Waals surface area contributed by atoms with Gasteiger partial charge < -0.3 is 11.1 Å². The summed E-state index contributed by atoms with van der Waals surface area (Å²) in [5, 5.41) is 4.66. The first-order valence-electron chi connectivity index (χ1n) is 5.84. The van der Waals surface area contributed by atoms with Crippen LogP contribution >= 0.6 is 23.3 Å². The van der Waals surface area contributed by atoms with Crippen LogP contribution in [-0.2, 0) is 0 Å². The lowest BCUT2D eigenvalue weighted by Crippen LogP contribution is -2.16. The van der Waals surface area contributed by atoms with Crippen molar-refractivity contribution >= 4 is 34.1 Å². The van der Waals surface area contributed by atoms with Crippen LogP contribution in [0.3, 0.4) is 0 Å². The fourth-order valence-electron chi connectivity index (χ4n) is 2.23. The number of thioether (sulfide) groups is 1. The fraction of sp³-hybridized carbons (Fsp3) is 0.727. The Hall–Kier alpha value is -0.420. The number of aromatic nitrogens is 1. The molecule has 0 bridgehead atoms. The number of nitrogens with one attached hydrogen (secondary N) is 1. The molecule has 1 aromatic rings. The molecule has 90 valence electrons. The zero-order chi connectivity index (χ0) is 11.4. The second kappa shape index (κ2) is 5.77. The highest BCUT2D eigenvalue weighted by Gasteiger charge is 2.15. The molecule has 0 spiro atoms. The third-order valence-corrected chi connectivity index (χ3v) is 4.92. The maximum absolute atomic E-state index is 5.80. The van der Waals surface area contributed by atoms with E-state index in [1.807, 2.05) is 6.26 Å². The van der Waals surface area contributed by atoms with E-state index in [9.17, 15) is 0 Å². The molecule has 0 amide bonds. The summed E-state index contributed by atoms with van der Waals surface area (Å²) < 4.78 is 4.19. The highest BCUT2D eigenvalue weighted by Crippen LogP contribution is 2.35. The summed E-state index contributed by atoms with van der Waals surface area (Å²) in [6, 6.07) is 0. The molecule has 2 rings (SSSR count). The number of hydrogen-bond donors (Lipinski definition) is 2. The lowest BCUT2D eigenvalue weighted by Gasteiger charge is -2.21. The van der Waals surface area contributed by atoms with Crippen molar-refractivity contribution < 1.29 is 0 Å². The van der Waals surface area contributed by atoms with Crippen LogP contribution in [0.15, 0.2) is 4.90 Å². The van der Waals surface area contributed by atoms with Crippen LogP contribution in [0.25, 0.3) is 0 Å². The van der Waals surface area contributed by atoms with Crippen LogP contribution in [0.4, 0.5) is 10.8 Å². The molecule has 1 aliphatic carbocycles. The quantitative estimate of drug-likeness (QED) is 0.811. The molecular weight excluding hydrogens is 238 g/mol. The average molecular weight is 257 g/mol. The Morgan fingerprint density at radius 2 is 2.19 bits per heavy atom. The van der Waals surface area contributed by atoms with Gasteiger partial charge in [-0.25, -0.2) is 0 Å². The molecule has 0 atom stereocenters. The van der Waals surface area contributed by atoms with Crippen LogP contribution < -0.4 is 11.1 Å². The zero-order valence-electron chi connectivity index (χ0n) is 9.66. The van der Waals surface area contributed by atoms with E-state index in [0.717, 1.165) is 22.4 Å². The fourth-order valence-corrected chi connectivity index (χ4v) is 3.78. The van der Waals surface area contributed by atoms with E-state index in [-0.39, 0.29) is 0 Å². The summed E-state index contributed by atoms with van der Waals surface area (Å²) in [6.07, 6.45) is 9.00. The zero-order valence-corrected chi connectivity index (χ0v) is 11.3. The largest absolute Gasteiger partial charge is 0.382 e. The summed E-state index contributed by atoms with van der Waals surface area (Å²) >= 11 is 3.16. The van der Waals surface area contributed by atoms with Gasteiger partial charge in [0, 0.05) is 6.54 Å². The average Bonchev–Trinajstić information content (AvgIpc) is 2.68. The molecule has 0 aliphatic heterocycles. The van der Waals surface area contributed by atoms with Crippen molar-refractivity contribution in [3.8, 4) is 0 Å². The predicted molar refractivity (Wildman–Crippen MR) is 73.4 cm³/mol. The Kier molecular flexibility index (Phi) is 4.35. The Balaban J connectivity index is 1.88. The highest BCUT2D eigenvalue weighted by molar-refractivity contribution is 7.99. The van der Waals surface area contributed by atoms with Gasteiger partial charge >= 0.3 is 0 Å². The van der Waals surface area contributed by atoms with Gasteiger partial charge in [0.05, 0.1) is 4.90 Å². The second-order valence-corrected chi connectivity index (χ2v) is 5.91. The van der Waals surface area contributed by atoms with E-state index in [0.29, 0.717) is 5.82 Å². The summed E-state index contributed by atoms with van der Waals surface area (Å²) in [5.41, 5.74) is 5.80. The summed E-state index contributed by atoms with van der Waals surface area (Å²) in [6.45, 7) is 1.08. The first-order valence-corrected chi connectivity index (χ1v) is 7.84. The second-order valence-electron chi connectivity index (χ2n) is 4.32. The summed E-state index contributed by atoms with van der Waals surface area (Å²) in [7, 11) is 0. The normalized spacial score (nSPS) is 17.6. The maximum Gasteiger partial charge on any atom is 0.153 e. The standard InChI is InChI=1S/C11H19N3S2/c1-15-9-10(12)14-16-11(9)13-7-8-5-3-2-4-6-8/h8,13H,2-7H2,1H3,(H2,12,14). The highest BCUT2D eigenvalue weighted by atomic mass is 32.2. The van der Waals surface area contributed by atoms with Gasteiger partial charge in [-0.2, -0.15) is 4.37 Å². The summed E-state index contributed by atoms with van der Waals surface area (Å²) in [4.78, 5) is 1.11. The van der Waals surface area contributed by atoms with Gasteiger partial charge in [-0.3, -0.25) is 0 Å². The third kappa shape index (κ3) is 2.83. The monoisotopic (exact) mass is 257 g/mol. The molecule has 1 aliphatic rings. The minimum Gasteiger partial charge on any atom is -0.382 e. The molecule has 0 radical (unpaired) electrons. The molecule has 1 heterocycles. The smallest absolute Gasteiger partial charge is 0.153 e. The Morgan fingerprint density at radius 3 is 2.88 bits per heavy atom. The van der Waals surface area contributed by atoms with Crippen molar-refractivity contribution in [3.05, 3.63) is 0 Å². The van der Waals surface area contributed by atoms with E-state index >= 15 is 0 Å². The third-order valence-electron chi connectivity index (χ3n) is 3.15. The molecule has 1 fully saturated rings. The SMILES string of the molecule is CSc1c(N)nsc1NCC1CCCCC1. The molecule has 3 N–H and O–H groups in total. The molecule has 0 saturated heterocycles. The molecule has 3 nitrogen and oxygen atoms in total. The van der Waals surface area contributed by atoms with Crippen LogP contribution in [0.2, 0.25) is 0 Å². The first kappa shape index (κ1) is 12.0. The van der Waals surface area contributed by atoms with Crippen LogP contribution in [-0.4, -0.2) is 17.2 Å². The van der Waals surface area contributed by atoms with Gasteiger partial charge in [0.25, 0.3) is 0 Å². The molecule has 1 saturated carbocycles. The van der Waals surface area contributed by atoms with Crippen molar-refractivity contribution in [2.45, 2.75) is 37.0 Å². The first-order chi connectivity index (χ1) is 7.81. The maximum atomic E-state index is 5.80. The molecule has 5 heteroatoms. The van der Waals surface area contributed by atoms with Gasteiger partial charge in [-0.05, 0) is 36.5 Å². The van der Waals surface area contributed by atoms with Gasteiger partial charge in [-0.15, -0.1) is 11.8 Å². The number of nitrogens with zero attached hydrogens (tertiary/aromatic N) is 1. The van der Waals surface area contributed by atoms with E-state index in [4.69, 9.17) is 5.73 Å². The van der Waals surface area contributed by atoms with Gasteiger partial charge in [0.2, 0.25) is 0 Å². The number of anilines is 2. The van der Waals surface area contributed by atoms with Crippen LogP contribution in [0.5, 0.6) is 0 Å². The lowest BCUT2D eigenvalue weighted by atomic mass is 9.89. The molecule has 1 aromatic heterocycles. The molecular formula is C11H19N3S2. The molecule has 0 aromatic carbocycles. The minimum atomic E-state index is 0.670. The number of rotatable bonds is 4. The molecule has 0 unspecified atom stereocenters.